The fourth-order valence-corrected chi connectivity index (χ4v) is 4.14. The molecule has 0 bridgehead atoms. The number of fused-ring (bicyclic) bond motifs is 1. The lowest BCUT2D eigenvalue weighted by atomic mass is 10.2. The van der Waals surface area contributed by atoms with Gasteiger partial charge in [0, 0.05) is 28.2 Å². The highest BCUT2D eigenvalue weighted by Crippen LogP contribution is 2.38. The van der Waals surface area contributed by atoms with Gasteiger partial charge in [-0.05, 0) is 41.8 Å². The highest BCUT2D eigenvalue weighted by Gasteiger charge is 2.14. The Morgan fingerprint density at radius 3 is 2.50 bits per heavy atom. The van der Waals surface area contributed by atoms with Gasteiger partial charge in [0.05, 0.1) is 31.2 Å². The number of hydrogen-bond acceptors (Lipinski definition) is 7. The highest BCUT2D eigenvalue weighted by molar-refractivity contribution is 7.10. The molecule has 0 fully saturated rings. The maximum Gasteiger partial charge on any atom is 0.325 e. The van der Waals surface area contributed by atoms with Crippen LogP contribution in [0.25, 0.3) is 10.9 Å². The van der Waals surface area contributed by atoms with Gasteiger partial charge in [-0.3, -0.25) is 15.1 Å². The van der Waals surface area contributed by atoms with Crippen LogP contribution >= 0.6 is 22.9 Å². The second kappa shape index (κ2) is 10.4. The van der Waals surface area contributed by atoms with E-state index in [4.69, 9.17) is 25.8 Å². The van der Waals surface area contributed by atoms with Crippen LogP contribution in [-0.4, -0.2) is 31.1 Å². The molecular formula is C24H20ClN3O5S. The largest absolute Gasteiger partial charge is 0.493 e. The molecule has 2 aromatic carbocycles. The van der Waals surface area contributed by atoms with Crippen molar-refractivity contribution in [3.8, 4) is 23.0 Å². The van der Waals surface area contributed by atoms with Crippen LogP contribution in [-0.2, 0) is 11.2 Å². The fourth-order valence-electron chi connectivity index (χ4n) is 3.22. The summed E-state index contributed by atoms with van der Waals surface area (Å²) >= 11 is 7.85. The third-order valence-corrected chi connectivity index (χ3v) is 5.96. The second-order valence-corrected chi connectivity index (χ2v) is 8.48. The number of pyridine rings is 1. The lowest BCUT2D eigenvalue weighted by Crippen LogP contribution is -2.35. The van der Waals surface area contributed by atoms with E-state index in [1.807, 2.05) is 17.5 Å². The first-order chi connectivity index (χ1) is 16.5. The molecule has 0 aliphatic heterocycles. The molecule has 2 heterocycles. The summed E-state index contributed by atoms with van der Waals surface area (Å²) in [6, 6.07) is 13.1. The molecule has 0 atom stereocenters. The molecule has 34 heavy (non-hydrogen) atoms. The van der Waals surface area contributed by atoms with Crippen molar-refractivity contribution in [3.05, 3.63) is 70.0 Å². The summed E-state index contributed by atoms with van der Waals surface area (Å²) in [6.45, 7) is 0. The molecule has 0 aliphatic rings. The molecule has 0 radical (unpaired) electrons. The average Bonchev–Trinajstić information content (AvgIpc) is 3.32. The summed E-state index contributed by atoms with van der Waals surface area (Å²) < 4.78 is 16.7. The lowest BCUT2D eigenvalue weighted by molar-refractivity contribution is -0.119. The van der Waals surface area contributed by atoms with Crippen LogP contribution in [0.2, 0.25) is 5.02 Å². The van der Waals surface area contributed by atoms with E-state index < -0.39 is 11.9 Å². The number of amides is 3. The topological polar surface area (TPSA) is 98.8 Å². The summed E-state index contributed by atoms with van der Waals surface area (Å²) in [5.74, 6) is 1.59. The number of nitrogens with one attached hydrogen (secondary N) is 2. The van der Waals surface area contributed by atoms with Crippen molar-refractivity contribution in [1.29, 1.82) is 0 Å². The molecule has 2 N–H and O–H groups in total. The Bertz CT molecular complexity index is 1340. The molecule has 4 aromatic rings. The lowest BCUT2D eigenvalue weighted by Gasteiger charge is -2.13. The molecule has 0 unspecified atom stereocenters. The molecule has 8 nitrogen and oxygen atoms in total. The smallest absolute Gasteiger partial charge is 0.325 e. The number of ether oxygens (including phenoxy) is 3. The zero-order chi connectivity index (χ0) is 24.1. The minimum absolute atomic E-state index is 0.134. The van der Waals surface area contributed by atoms with Crippen molar-refractivity contribution in [3.63, 3.8) is 0 Å². The van der Waals surface area contributed by atoms with Gasteiger partial charge in [0.25, 0.3) is 0 Å². The normalized spacial score (nSPS) is 10.6. The number of methoxy groups -OCH3 is 2. The molecule has 2 aromatic heterocycles. The first-order valence-electron chi connectivity index (χ1n) is 10.1. The van der Waals surface area contributed by atoms with Crippen LogP contribution in [0.4, 0.5) is 10.5 Å². The van der Waals surface area contributed by atoms with E-state index in [9.17, 15) is 9.59 Å². The number of benzene rings is 2. The zero-order valence-corrected chi connectivity index (χ0v) is 19.8. The number of rotatable bonds is 7. The minimum atomic E-state index is -0.646. The van der Waals surface area contributed by atoms with Gasteiger partial charge in [-0.2, -0.15) is 0 Å². The van der Waals surface area contributed by atoms with E-state index >= 15 is 0 Å². The van der Waals surface area contributed by atoms with E-state index in [0.29, 0.717) is 39.6 Å². The van der Waals surface area contributed by atoms with Crippen molar-refractivity contribution in [1.82, 2.24) is 10.3 Å². The van der Waals surface area contributed by atoms with Gasteiger partial charge in [0.1, 0.15) is 11.5 Å². The van der Waals surface area contributed by atoms with Crippen molar-refractivity contribution in [2.24, 2.45) is 0 Å². The number of urea groups is 1. The maximum absolute atomic E-state index is 12.2. The number of anilines is 1. The summed E-state index contributed by atoms with van der Waals surface area (Å²) in [5.41, 5.74) is 1.07. The molecule has 174 valence electrons. The molecule has 4 rings (SSSR count). The van der Waals surface area contributed by atoms with E-state index in [0.717, 1.165) is 4.88 Å². The van der Waals surface area contributed by atoms with E-state index in [1.165, 1.54) is 17.4 Å². The number of aromatic nitrogens is 1. The van der Waals surface area contributed by atoms with Gasteiger partial charge in [-0.25, -0.2) is 4.79 Å². The van der Waals surface area contributed by atoms with E-state index in [-0.39, 0.29) is 11.4 Å². The van der Waals surface area contributed by atoms with Crippen LogP contribution in [0.1, 0.15) is 4.88 Å². The zero-order valence-electron chi connectivity index (χ0n) is 18.3. The predicted octanol–water partition coefficient (Wildman–Crippen LogP) is 5.65. The first kappa shape index (κ1) is 23.3. The SMILES string of the molecule is COc1cc2nccc(Oc3ccc(NC(=O)NC(=O)Cc4cccs4)cc3Cl)c2cc1OC. The molecule has 10 heteroatoms. The van der Waals surface area contributed by atoms with Crippen molar-refractivity contribution in [2.75, 3.05) is 19.5 Å². The first-order valence-corrected chi connectivity index (χ1v) is 11.3. The van der Waals surface area contributed by atoms with Crippen LogP contribution < -0.4 is 24.8 Å². The quantitative estimate of drug-likeness (QED) is 0.342. The Hall–Kier alpha value is -3.82. The van der Waals surface area contributed by atoms with Crippen LogP contribution in [0, 0.1) is 0 Å². The van der Waals surface area contributed by atoms with E-state index in [2.05, 4.69) is 15.6 Å². The van der Waals surface area contributed by atoms with Gasteiger partial charge in [0.2, 0.25) is 5.91 Å². The third kappa shape index (κ3) is 5.38. The number of nitrogens with zero attached hydrogens (tertiary/aromatic N) is 1. The number of carbonyl (C=O) groups is 2. The summed E-state index contributed by atoms with van der Waals surface area (Å²) in [7, 11) is 3.11. The van der Waals surface area contributed by atoms with Crippen LogP contribution in [0.5, 0.6) is 23.0 Å². The average molecular weight is 498 g/mol. The van der Waals surface area contributed by atoms with Gasteiger partial charge in [-0.1, -0.05) is 17.7 Å². The Morgan fingerprint density at radius 2 is 1.79 bits per heavy atom. The fraction of sp³-hybridized carbons (Fsp3) is 0.125. The molecular weight excluding hydrogens is 478 g/mol. The van der Waals surface area contributed by atoms with Crippen molar-refractivity contribution in [2.45, 2.75) is 6.42 Å². The van der Waals surface area contributed by atoms with Gasteiger partial charge >= 0.3 is 6.03 Å². The number of halogens is 1. The van der Waals surface area contributed by atoms with Gasteiger partial charge < -0.3 is 19.5 Å². The van der Waals surface area contributed by atoms with Crippen LogP contribution in [0.15, 0.2) is 60.1 Å². The van der Waals surface area contributed by atoms with Gasteiger partial charge in [-0.15, -0.1) is 11.3 Å². The second-order valence-electron chi connectivity index (χ2n) is 7.04. The van der Waals surface area contributed by atoms with E-state index in [1.54, 1.807) is 50.7 Å². The van der Waals surface area contributed by atoms with Crippen molar-refractivity contribution < 1.29 is 23.8 Å². The summed E-state index contributed by atoms with van der Waals surface area (Å²) in [4.78, 5) is 29.4. The van der Waals surface area contributed by atoms with Gasteiger partial charge in [0.15, 0.2) is 11.5 Å². The number of thiophene rings is 1. The summed E-state index contributed by atoms with van der Waals surface area (Å²) in [6.07, 6.45) is 1.75. The molecule has 0 spiro atoms. The Labute approximate surface area is 204 Å². The van der Waals surface area contributed by atoms with Crippen molar-refractivity contribution >= 4 is 51.5 Å². The molecule has 0 saturated heterocycles. The van der Waals surface area contributed by atoms with Crippen LogP contribution in [0.3, 0.4) is 0 Å². The molecule has 0 aliphatic carbocycles. The summed E-state index contributed by atoms with van der Waals surface area (Å²) in [5, 5.41) is 7.74. The predicted molar refractivity (Wildman–Crippen MR) is 132 cm³/mol. The maximum atomic E-state index is 12.2. The minimum Gasteiger partial charge on any atom is -0.493 e. The Morgan fingerprint density at radius 1 is 1.00 bits per heavy atom. The highest BCUT2D eigenvalue weighted by atomic mass is 35.5. The standard InChI is InChI=1S/C24H20ClN3O5S/c1-31-21-12-16-18(13-22(21)32-2)26-8-7-19(16)33-20-6-5-14(10-17(20)25)27-24(30)28-23(29)11-15-4-3-9-34-15/h3-10,12-13H,11H2,1-2H3,(H2,27,28,29,30). The molecule has 0 saturated carbocycles. The molecule has 3 amide bonds. The number of imide groups is 1. The number of carbonyl (C=O) groups excluding carboxylic acids is 2. The Kier molecular flexibility index (Phi) is 7.15. The third-order valence-electron chi connectivity index (χ3n) is 4.78. The monoisotopic (exact) mass is 497 g/mol. The Balaban J connectivity index is 1.47. The number of hydrogen-bond donors (Lipinski definition) is 2.